The Morgan fingerprint density at radius 3 is 1.03 bits per heavy atom. The Balaban J connectivity index is 4.17. The molecule has 0 rings (SSSR count). The van der Waals surface area contributed by atoms with Crippen molar-refractivity contribution < 1.29 is 0 Å². The molecule has 0 aliphatic carbocycles. The molecule has 0 saturated heterocycles. The number of allylic oxidation sites excluding steroid dienone is 10. The average Bonchev–Trinajstić information content (AvgIpc) is 2.70. The van der Waals surface area contributed by atoms with Crippen LogP contribution in [0.5, 0.6) is 0 Å². The van der Waals surface area contributed by atoms with Crippen molar-refractivity contribution in [2.24, 2.45) is 0 Å². The molecule has 1 heteroatoms. The predicted octanol–water partition coefficient (Wildman–Crippen LogP) is 9.76. The van der Waals surface area contributed by atoms with E-state index in [2.05, 4.69) is 104 Å². The van der Waals surface area contributed by atoms with Gasteiger partial charge in [-0.1, -0.05) is 69.9 Å². The van der Waals surface area contributed by atoms with Crippen LogP contribution in [0.3, 0.4) is 0 Å². The summed E-state index contributed by atoms with van der Waals surface area (Å²) in [7, 11) is 2.22. The standard InChI is InChI=1S/C31H53N/c1-26(2)14-10-16-28(5)18-12-20-30(7)22-24-32(9)25-23-31(8)21-13-19-29(6)17-11-15-27(3)4/h14-15,18-19,22-23H,10-13,16-17,20-21,24-25H2,1-9H3. The molecule has 0 aromatic rings. The fourth-order valence-electron chi connectivity index (χ4n) is 3.38. The topological polar surface area (TPSA) is 3.24 Å². The second-order valence-electron chi connectivity index (χ2n) is 10.1. The molecular formula is C31H53N. The third-order valence-corrected chi connectivity index (χ3v) is 5.75. The van der Waals surface area contributed by atoms with E-state index >= 15 is 0 Å². The molecule has 0 atom stereocenters. The summed E-state index contributed by atoms with van der Waals surface area (Å²) in [6, 6.07) is 0. The molecule has 0 spiro atoms. The lowest BCUT2D eigenvalue weighted by molar-refractivity contribution is 0.410. The summed E-state index contributed by atoms with van der Waals surface area (Å²) in [5.41, 5.74) is 8.88. The highest BCUT2D eigenvalue weighted by Crippen LogP contribution is 2.13. The van der Waals surface area contributed by atoms with Gasteiger partial charge in [0.2, 0.25) is 0 Å². The first-order valence-corrected chi connectivity index (χ1v) is 12.7. The van der Waals surface area contributed by atoms with Crippen LogP contribution in [0.1, 0.15) is 107 Å². The van der Waals surface area contributed by atoms with Crippen LogP contribution in [0.4, 0.5) is 0 Å². The number of hydrogen-bond acceptors (Lipinski definition) is 1. The second-order valence-corrected chi connectivity index (χ2v) is 10.1. The molecule has 0 amide bonds. The SMILES string of the molecule is CC(C)=CCCC(C)=CCCC(C)=CCN(C)CC=C(C)CCC=C(C)CCC=C(C)C. The van der Waals surface area contributed by atoms with Crippen LogP contribution in [0.2, 0.25) is 0 Å². The van der Waals surface area contributed by atoms with Crippen molar-refractivity contribution in [3.05, 3.63) is 69.9 Å². The molecule has 0 heterocycles. The lowest BCUT2D eigenvalue weighted by Gasteiger charge is -2.13. The van der Waals surface area contributed by atoms with Crippen LogP contribution in [0.25, 0.3) is 0 Å². The summed E-state index contributed by atoms with van der Waals surface area (Å²) in [4.78, 5) is 2.40. The fraction of sp³-hybridized carbons (Fsp3) is 0.613. The first-order chi connectivity index (χ1) is 15.1. The Morgan fingerprint density at radius 2 is 0.719 bits per heavy atom. The molecule has 0 fully saturated rings. The predicted molar refractivity (Wildman–Crippen MR) is 148 cm³/mol. The van der Waals surface area contributed by atoms with Gasteiger partial charge in [0, 0.05) is 13.1 Å². The first-order valence-electron chi connectivity index (χ1n) is 12.7. The summed E-state index contributed by atoms with van der Waals surface area (Å²) in [5.74, 6) is 0. The van der Waals surface area contributed by atoms with Crippen LogP contribution < -0.4 is 0 Å². The van der Waals surface area contributed by atoms with E-state index in [1.54, 1.807) is 0 Å². The Morgan fingerprint density at radius 1 is 0.438 bits per heavy atom. The summed E-state index contributed by atoms with van der Waals surface area (Å²) in [6.07, 6.45) is 23.7. The highest BCUT2D eigenvalue weighted by atomic mass is 15.1. The monoisotopic (exact) mass is 439 g/mol. The Hall–Kier alpha value is -1.60. The molecule has 0 saturated carbocycles. The molecule has 0 aromatic heterocycles. The van der Waals surface area contributed by atoms with E-state index in [1.165, 1.54) is 72.0 Å². The van der Waals surface area contributed by atoms with Gasteiger partial charge in [-0.3, -0.25) is 4.90 Å². The number of nitrogens with zero attached hydrogens (tertiary/aromatic N) is 1. The molecule has 0 radical (unpaired) electrons. The van der Waals surface area contributed by atoms with Crippen molar-refractivity contribution >= 4 is 0 Å². The summed E-state index contributed by atoms with van der Waals surface area (Å²) < 4.78 is 0. The molecule has 0 aliphatic rings. The van der Waals surface area contributed by atoms with E-state index in [1.807, 2.05) is 0 Å². The molecule has 0 unspecified atom stereocenters. The van der Waals surface area contributed by atoms with Gasteiger partial charge in [-0.15, -0.1) is 0 Å². The quantitative estimate of drug-likeness (QED) is 0.216. The number of rotatable bonds is 16. The Bertz CT molecular complexity index is 626. The van der Waals surface area contributed by atoms with Gasteiger partial charge < -0.3 is 0 Å². The minimum atomic E-state index is 1.03. The molecule has 0 N–H and O–H groups in total. The zero-order valence-corrected chi connectivity index (χ0v) is 23.0. The largest absolute Gasteiger partial charge is 0.299 e. The van der Waals surface area contributed by atoms with Gasteiger partial charge in [-0.25, -0.2) is 0 Å². The molecule has 0 aromatic carbocycles. The van der Waals surface area contributed by atoms with E-state index in [4.69, 9.17) is 0 Å². The highest BCUT2D eigenvalue weighted by molar-refractivity contribution is 5.08. The van der Waals surface area contributed by atoms with Crippen molar-refractivity contribution in [1.82, 2.24) is 4.90 Å². The van der Waals surface area contributed by atoms with Gasteiger partial charge in [0.1, 0.15) is 0 Å². The normalized spacial score (nSPS) is 13.6. The van der Waals surface area contributed by atoms with Crippen LogP contribution >= 0.6 is 0 Å². The fourth-order valence-corrected chi connectivity index (χ4v) is 3.38. The van der Waals surface area contributed by atoms with Crippen molar-refractivity contribution in [2.45, 2.75) is 107 Å². The summed E-state index contributed by atoms with van der Waals surface area (Å²) in [6.45, 7) is 19.8. The van der Waals surface area contributed by atoms with Crippen LogP contribution in [-0.2, 0) is 0 Å². The van der Waals surface area contributed by atoms with Gasteiger partial charge in [-0.05, 0) is 114 Å². The lowest BCUT2D eigenvalue weighted by atomic mass is 10.1. The smallest absolute Gasteiger partial charge is 0.0165 e. The van der Waals surface area contributed by atoms with Gasteiger partial charge in [0.05, 0.1) is 0 Å². The van der Waals surface area contributed by atoms with Crippen molar-refractivity contribution in [1.29, 1.82) is 0 Å². The summed E-state index contributed by atoms with van der Waals surface area (Å²) >= 11 is 0. The van der Waals surface area contributed by atoms with Gasteiger partial charge in [0.15, 0.2) is 0 Å². The van der Waals surface area contributed by atoms with Gasteiger partial charge in [-0.2, -0.15) is 0 Å². The first kappa shape index (κ1) is 30.4. The minimum Gasteiger partial charge on any atom is -0.299 e. The third-order valence-electron chi connectivity index (χ3n) is 5.75. The van der Waals surface area contributed by atoms with Crippen molar-refractivity contribution in [2.75, 3.05) is 20.1 Å². The van der Waals surface area contributed by atoms with Gasteiger partial charge >= 0.3 is 0 Å². The Kier molecular flexibility index (Phi) is 18.0. The van der Waals surface area contributed by atoms with E-state index in [-0.39, 0.29) is 0 Å². The molecule has 0 bridgehead atoms. The summed E-state index contributed by atoms with van der Waals surface area (Å²) in [5, 5.41) is 0. The highest BCUT2D eigenvalue weighted by Gasteiger charge is 1.97. The molecule has 182 valence electrons. The zero-order chi connectivity index (χ0) is 24.4. The minimum absolute atomic E-state index is 1.03. The average molecular weight is 440 g/mol. The molecule has 1 nitrogen and oxygen atoms in total. The second kappa shape index (κ2) is 18.9. The van der Waals surface area contributed by atoms with E-state index in [0.717, 1.165) is 25.9 Å². The Labute approximate surface area is 201 Å². The molecule has 0 aliphatic heterocycles. The maximum atomic E-state index is 2.42. The van der Waals surface area contributed by atoms with Crippen molar-refractivity contribution in [3.8, 4) is 0 Å². The van der Waals surface area contributed by atoms with Crippen molar-refractivity contribution in [3.63, 3.8) is 0 Å². The van der Waals surface area contributed by atoms with Gasteiger partial charge in [0.25, 0.3) is 0 Å². The lowest BCUT2D eigenvalue weighted by Crippen LogP contribution is -2.18. The number of hydrogen-bond donors (Lipinski definition) is 0. The van der Waals surface area contributed by atoms with E-state index < -0.39 is 0 Å². The molecule has 32 heavy (non-hydrogen) atoms. The van der Waals surface area contributed by atoms with Crippen LogP contribution in [0, 0.1) is 0 Å². The maximum Gasteiger partial charge on any atom is 0.0165 e. The molecular weight excluding hydrogens is 386 g/mol. The van der Waals surface area contributed by atoms with Crippen LogP contribution in [-0.4, -0.2) is 25.0 Å². The van der Waals surface area contributed by atoms with Crippen LogP contribution in [0.15, 0.2) is 69.9 Å². The zero-order valence-electron chi connectivity index (χ0n) is 23.0. The maximum absolute atomic E-state index is 2.42. The van der Waals surface area contributed by atoms with E-state index in [9.17, 15) is 0 Å². The van der Waals surface area contributed by atoms with E-state index in [0.29, 0.717) is 0 Å². The number of likely N-dealkylation sites (N-methyl/N-ethyl adjacent to an activating group) is 1. The third kappa shape index (κ3) is 20.3.